The molecule has 0 saturated carbocycles. The molecule has 0 aromatic carbocycles. The summed E-state index contributed by atoms with van der Waals surface area (Å²) in [5.41, 5.74) is 4.07. The van der Waals surface area contributed by atoms with Crippen LogP contribution in [0.3, 0.4) is 0 Å². The van der Waals surface area contributed by atoms with Crippen molar-refractivity contribution in [2.24, 2.45) is 0 Å². The summed E-state index contributed by atoms with van der Waals surface area (Å²) >= 11 is 0. The van der Waals surface area contributed by atoms with Crippen molar-refractivity contribution < 1.29 is 19.1 Å². The minimum absolute atomic E-state index is 0.0979. The zero-order chi connectivity index (χ0) is 11.1. The molecule has 0 atom stereocenters. The molecule has 0 aliphatic rings. The summed E-state index contributed by atoms with van der Waals surface area (Å²) in [6, 6.07) is 0. The van der Waals surface area contributed by atoms with E-state index in [1.807, 2.05) is 10.9 Å². The Bertz CT molecular complexity index is 273. The van der Waals surface area contributed by atoms with Crippen LogP contribution in [0.2, 0.25) is 0 Å². The van der Waals surface area contributed by atoms with Crippen molar-refractivity contribution in [3.63, 3.8) is 0 Å². The lowest BCUT2D eigenvalue weighted by molar-refractivity contribution is -0.155. The van der Waals surface area contributed by atoms with Gasteiger partial charge in [-0.25, -0.2) is 4.79 Å². The zero-order valence-corrected chi connectivity index (χ0v) is 8.05. The Kier molecular flexibility index (Phi) is 4.98. The lowest BCUT2D eigenvalue weighted by atomic mass is 10.3. The van der Waals surface area contributed by atoms with Crippen molar-refractivity contribution in [3.8, 4) is 0 Å². The highest BCUT2D eigenvalue weighted by Gasteiger charge is 2.14. The Labute approximate surface area is 81.3 Å². The maximum absolute atomic E-state index is 10.9. The van der Waals surface area contributed by atoms with Crippen LogP contribution in [0.1, 0.15) is 13.8 Å². The van der Waals surface area contributed by atoms with Crippen molar-refractivity contribution in [3.05, 3.63) is 12.2 Å². The molecule has 0 aliphatic heterocycles. The molecule has 14 heavy (non-hydrogen) atoms. The van der Waals surface area contributed by atoms with E-state index in [1.165, 1.54) is 6.92 Å². The number of hydrogen-bond donors (Lipinski definition) is 2. The second-order valence-electron chi connectivity index (χ2n) is 2.41. The molecule has 2 N–H and O–H groups in total. The fraction of sp³-hybridized carbons (Fsp3) is 0.375. The summed E-state index contributed by atoms with van der Waals surface area (Å²) in [6.45, 7) is 6.46. The maximum Gasteiger partial charge on any atom is 0.398 e. The normalized spacial score (nSPS) is 8.71. The molecule has 2 amide bonds. The highest BCUT2D eigenvalue weighted by Crippen LogP contribution is 1.83. The molecule has 0 heterocycles. The zero-order valence-electron chi connectivity index (χ0n) is 8.05. The molecule has 0 radical (unpaired) electrons. The number of hydrogen-bond acceptors (Lipinski definition) is 4. The molecule has 0 saturated heterocycles. The van der Waals surface area contributed by atoms with E-state index in [0.717, 1.165) is 0 Å². The Morgan fingerprint density at radius 1 is 1.21 bits per heavy atom. The Balaban J connectivity index is 3.91. The fourth-order valence-corrected chi connectivity index (χ4v) is 0.468. The van der Waals surface area contributed by atoms with Crippen LogP contribution in [-0.2, 0) is 19.1 Å². The van der Waals surface area contributed by atoms with E-state index < -0.39 is 17.8 Å². The SMILES string of the molecule is C=C(C)C(=O)NNC(=O)C(=O)OCC. The van der Waals surface area contributed by atoms with Gasteiger partial charge >= 0.3 is 11.9 Å². The predicted octanol–water partition coefficient (Wildman–Crippen LogP) is -0.727. The van der Waals surface area contributed by atoms with Gasteiger partial charge in [-0.3, -0.25) is 20.4 Å². The molecule has 0 aromatic heterocycles. The number of ether oxygens (including phenoxy) is 1. The molecule has 0 fully saturated rings. The van der Waals surface area contributed by atoms with Crippen molar-refractivity contribution >= 4 is 17.8 Å². The van der Waals surface area contributed by atoms with Crippen molar-refractivity contribution in [1.82, 2.24) is 10.9 Å². The first-order valence-electron chi connectivity index (χ1n) is 3.92. The van der Waals surface area contributed by atoms with E-state index in [4.69, 9.17) is 0 Å². The van der Waals surface area contributed by atoms with Gasteiger partial charge in [0.15, 0.2) is 0 Å². The first-order valence-corrected chi connectivity index (χ1v) is 3.92. The van der Waals surface area contributed by atoms with Crippen molar-refractivity contribution in [2.75, 3.05) is 6.61 Å². The second-order valence-corrected chi connectivity index (χ2v) is 2.41. The van der Waals surface area contributed by atoms with Gasteiger partial charge in [-0.05, 0) is 13.8 Å². The summed E-state index contributed by atoms with van der Waals surface area (Å²) in [4.78, 5) is 32.4. The van der Waals surface area contributed by atoms with Crippen LogP contribution in [-0.4, -0.2) is 24.4 Å². The largest absolute Gasteiger partial charge is 0.459 e. The third-order valence-electron chi connectivity index (χ3n) is 1.14. The minimum Gasteiger partial charge on any atom is -0.459 e. The van der Waals surface area contributed by atoms with Gasteiger partial charge in [0.25, 0.3) is 5.91 Å². The van der Waals surface area contributed by atoms with E-state index in [0.29, 0.717) is 0 Å². The number of carbonyl (C=O) groups excluding carboxylic acids is 3. The first kappa shape index (κ1) is 12.2. The summed E-state index contributed by atoms with van der Waals surface area (Å²) in [5, 5.41) is 0. The molecule has 0 aromatic rings. The van der Waals surface area contributed by atoms with Gasteiger partial charge < -0.3 is 4.74 Å². The molecule has 78 valence electrons. The van der Waals surface area contributed by atoms with E-state index in [1.54, 1.807) is 6.92 Å². The Morgan fingerprint density at radius 3 is 2.14 bits per heavy atom. The molecule has 0 bridgehead atoms. The van der Waals surface area contributed by atoms with Gasteiger partial charge in [0.05, 0.1) is 6.61 Å². The van der Waals surface area contributed by atoms with Crippen LogP contribution in [0, 0.1) is 0 Å². The van der Waals surface area contributed by atoms with Crippen LogP contribution in [0.15, 0.2) is 12.2 Å². The molecule has 6 nitrogen and oxygen atoms in total. The lowest BCUT2D eigenvalue weighted by Gasteiger charge is -2.05. The number of carbonyl (C=O) groups is 3. The fourth-order valence-electron chi connectivity index (χ4n) is 0.468. The van der Waals surface area contributed by atoms with Crippen LogP contribution >= 0.6 is 0 Å². The quantitative estimate of drug-likeness (QED) is 0.266. The van der Waals surface area contributed by atoms with Crippen molar-refractivity contribution in [1.29, 1.82) is 0 Å². The molecule has 0 rings (SSSR count). The van der Waals surface area contributed by atoms with Crippen LogP contribution in [0.4, 0.5) is 0 Å². The number of amides is 2. The number of esters is 1. The number of rotatable bonds is 2. The summed E-state index contributed by atoms with van der Waals surface area (Å²) in [5.74, 6) is -2.64. The van der Waals surface area contributed by atoms with Gasteiger partial charge in [-0.15, -0.1) is 0 Å². The van der Waals surface area contributed by atoms with Crippen LogP contribution in [0.25, 0.3) is 0 Å². The van der Waals surface area contributed by atoms with Crippen LogP contribution in [0.5, 0.6) is 0 Å². The van der Waals surface area contributed by atoms with E-state index in [2.05, 4.69) is 11.3 Å². The highest BCUT2D eigenvalue weighted by molar-refractivity contribution is 6.32. The van der Waals surface area contributed by atoms with Gasteiger partial charge in [0.2, 0.25) is 0 Å². The Morgan fingerprint density at radius 2 is 1.71 bits per heavy atom. The molecular formula is C8H12N2O4. The first-order chi connectivity index (χ1) is 6.49. The molecule has 0 spiro atoms. The predicted molar refractivity (Wildman–Crippen MR) is 47.7 cm³/mol. The number of nitrogens with one attached hydrogen (secondary N) is 2. The minimum atomic E-state index is -1.05. The summed E-state index contributed by atoms with van der Waals surface area (Å²) in [6.07, 6.45) is 0. The smallest absolute Gasteiger partial charge is 0.398 e. The molecule has 0 unspecified atom stereocenters. The van der Waals surface area contributed by atoms with Gasteiger partial charge in [-0.2, -0.15) is 0 Å². The average molecular weight is 200 g/mol. The Hall–Kier alpha value is -1.85. The molecular weight excluding hydrogens is 188 g/mol. The summed E-state index contributed by atoms with van der Waals surface area (Å²) < 4.78 is 4.37. The molecule has 6 heteroatoms. The van der Waals surface area contributed by atoms with E-state index in [9.17, 15) is 14.4 Å². The van der Waals surface area contributed by atoms with Gasteiger partial charge in [0.1, 0.15) is 0 Å². The van der Waals surface area contributed by atoms with E-state index in [-0.39, 0.29) is 12.2 Å². The standard InChI is InChI=1S/C8H12N2O4/c1-4-14-8(13)7(12)10-9-6(11)5(2)3/h2,4H2,1,3H3,(H,9,11)(H,10,12). The second kappa shape index (κ2) is 5.74. The monoisotopic (exact) mass is 200 g/mol. The van der Waals surface area contributed by atoms with Gasteiger partial charge in [-0.1, -0.05) is 6.58 Å². The van der Waals surface area contributed by atoms with Gasteiger partial charge in [0, 0.05) is 5.57 Å². The molecule has 0 aliphatic carbocycles. The van der Waals surface area contributed by atoms with Crippen LogP contribution < -0.4 is 10.9 Å². The topological polar surface area (TPSA) is 84.5 Å². The average Bonchev–Trinajstić information content (AvgIpc) is 2.13. The lowest BCUT2D eigenvalue weighted by Crippen LogP contribution is -2.45. The highest BCUT2D eigenvalue weighted by atomic mass is 16.5. The van der Waals surface area contributed by atoms with E-state index >= 15 is 0 Å². The summed E-state index contributed by atoms with van der Waals surface area (Å²) in [7, 11) is 0. The third-order valence-corrected chi connectivity index (χ3v) is 1.14. The number of hydrazine groups is 1. The van der Waals surface area contributed by atoms with Crippen molar-refractivity contribution in [2.45, 2.75) is 13.8 Å². The maximum atomic E-state index is 10.9. The third kappa shape index (κ3) is 4.24.